The topological polar surface area (TPSA) is 33.0 Å². The first-order valence-electron chi connectivity index (χ1n) is 6.49. The highest BCUT2D eigenvalue weighted by Gasteiger charge is 2.38. The average molecular weight is 251 g/mol. The van der Waals surface area contributed by atoms with Crippen LogP contribution in [0, 0.1) is 16.7 Å². The minimum atomic E-state index is -1.72. The van der Waals surface area contributed by atoms with Crippen LogP contribution in [0.2, 0.25) is 18.1 Å². The van der Waals surface area contributed by atoms with Crippen LogP contribution in [-0.2, 0) is 4.43 Å². The van der Waals surface area contributed by atoms with Gasteiger partial charge in [0.2, 0.25) is 8.32 Å². The van der Waals surface area contributed by atoms with E-state index in [0.717, 1.165) is 25.7 Å². The van der Waals surface area contributed by atoms with Gasteiger partial charge >= 0.3 is 0 Å². The Kier molecular flexibility index (Phi) is 4.09. The first-order valence-corrected chi connectivity index (χ1v) is 9.40. The zero-order chi connectivity index (χ0) is 13.2. The van der Waals surface area contributed by atoms with Crippen LogP contribution in [0.25, 0.3) is 0 Å². The van der Waals surface area contributed by atoms with Gasteiger partial charge in [-0.3, -0.25) is 0 Å². The van der Waals surface area contributed by atoms with E-state index >= 15 is 0 Å². The van der Waals surface area contributed by atoms with E-state index in [0.29, 0.717) is 0 Å². The lowest BCUT2D eigenvalue weighted by Gasteiger charge is -2.35. The quantitative estimate of drug-likeness (QED) is 0.542. The maximum Gasteiger partial charge on any atom is 0.249 e. The Morgan fingerprint density at radius 3 is 2.18 bits per heavy atom. The van der Waals surface area contributed by atoms with Crippen LogP contribution in [0.5, 0.6) is 0 Å². The van der Waals surface area contributed by atoms with Gasteiger partial charge in [-0.15, -0.1) is 0 Å². The van der Waals surface area contributed by atoms with Crippen LogP contribution < -0.4 is 0 Å². The molecule has 1 aliphatic carbocycles. The second-order valence-electron chi connectivity index (χ2n) is 6.66. The monoisotopic (exact) mass is 251 g/mol. The fraction of sp³-hybridized carbons (Fsp3) is 0.786. The molecular weight excluding hydrogens is 226 g/mol. The van der Waals surface area contributed by atoms with Gasteiger partial charge in [0.05, 0.1) is 17.7 Å². The molecule has 17 heavy (non-hydrogen) atoms. The molecule has 0 atom stereocenters. The second kappa shape index (κ2) is 4.86. The van der Waals surface area contributed by atoms with Crippen molar-refractivity contribution in [2.24, 2.45) is 5.41 Å². The molecular formula is C14H25NOSi. The fourth-order valence-electron chi connectivity index (χ4n) is 1.83. The van der Waals surface area contributed by atoms with Crippen LogP contribution in [-0.4, -0.2) is 8.32 Å². The summed E-state index contributed by atoms with van der Waals surface area (Å²) in [5.41, 5.74) is -0.248. The van der Waals surface area contributed by atoms with Crippen molar-refractivity contribution in [3.63, 3.8) is 0 Å². The highest BCUT2D eigenvalue weighted by Crippen LogP contribution is 2.40. The number of hydrogen-bond acceptors (Lipinski definition) is 2. The van der Waals surface area contributed by atoms with Crippen molar-refractivity contribution in [2.75, 3.05) is 0 Å². The summed E-state index contributed by atoms with van der Waals surface area (Å²) < 4.78 is 5.99. The highest BCUT2D eigenvalue weighted by molar-refractivity contribution is 6.74. The summed E-state index contributed by atoms with van der Waals surface area (Å²) >= 11 is 0. The molecule has 0 bridgehead atoms. The van der Waals surface area contributed by atoms with Gasteiger partial charge in [-0.25, -0.2) is 0 Å². The molecule has 0 unspecified atom stereocenters. The highest BCUT2D eigenvalue weighted by atomic mass is 28.4. The van der Waals surface area contributed by atoms with Gasteiger partial charge in [0, 0.05) is 0 Å². The summed E-state index contributed by atoms with van der Waals surface area (Å²) in [6, 6.07) is 2.45. The fourth-order valence-corrected chi connectivity index (χ4v) is 2.59. The smallest absolute Gasteiger partial charge is 0.249 e. The van der Waals surface area contributed by atoms with Crippen molar-refractivity contribution in [3.05, 3.63) is 12.3 Å². The summed E-state index contributed by atoms with van der Waals surface area (Å²) in [7, 11) is -1.72. The molecule has 1 saturated carbocycles. The SMILES string of the molecule is CC(C)(C)[Si](C)(C)O/C=C/C1(C#N)CCCC1. The van der Waals surface area contributed by atoms with Gasteiger partial charge in [0.15, 0.2) is 0 Å². The average Bonchev–Trinajstić information content (AvgIpc) is 2.65. The van der Waals surface area contributed by atoms with E-state index in [4.69, 9.17) is 4.43 Å². The van der Waals surface area contributed by atoms with Gasteiger partial charge in [-0.2, -0.15) is 5.26 Å². The van der Waals surface area contributed by atoms with E-state index in [2.05, 4.69) is 39.9 Å². The molecule has 0 aromatic heterocycles. The molecule has 1 rings (SSSR count). The zero-order valence-corrected chi connectivity index (χ0v) is 12.8. The lowest BCUT2D eigenvalue weighted by molar-refractivity contribution is 0.415. The predicted molar refractivity (Wildman–Crippen MR) is 73.9 cm³/mol. The van der Waals surface area contributed by atoms with Gasteiger partial charge in [0.25, 0.3) is 0 Å². The largest absolute Gasteiger partial charge is 0.549 e. The van der Waals surface area contributed by atoms with E-state index in [9.17, 15) is 5.26 Å². The lowest BCUT2D eigenvalue weighted by Crippen LogP contribution is -2.39. The van der Waals surface area contributed by atoms with Crippen LogP contribution in [0.4, 0.5) is 0 Å². The standard InChI is InChI=1S/C14H25NOSi/c1-13(2,3)17(4,5)16-11-10-14(12-15)8-6-7-9-14/h10-11H,6-9H2,1-5H3/b11-10+. The molecule has 2 nitrogen and oxygen atoms in total. The van der Waals surface area contributed by atoms with Crippen LogP contribution in [0.15, 0.2) is 12.3 Å². The van der Waals surface area contributed by atoms with Crippen molar-refractivity contribution in [1.29, 1.82) is 5.26 Å². The molecule has 0 heterocycles. The Labute approximate surface area is 107 Å². The van der Waals surface area contributed by atoms with Gasteiger partial charge in [0.1, 0.15) is 0 Å². The van der Waals surface area contributed by atoms with Crippen molar-refractivity contribution in [3.8, 4) is 6.07 Å². The molecule has 0 N–H and O–H groups in total. The van der Waals surface area contributed by atoms with Crippen molar-refractivity contribution in [1.82, 2.24) is 0 Å². The summed E-state index contributed by atoms with van der Waals surface area (Å²) in [6.45, 7) is 11.1. The molecule has 0 aromatic rings. The normalized spacial score (nSPS) is 20.5. The third kappa shape index (κ3) is 3.35. The number of rotatable bonds is 3. The Morgan fingerprint density at radius 2 is 1.76 bits per heavy atom. The summed E-state index contributed by atoms with van der Waals surface area (Å²) in [5.74, 6) is 0. The van der Waals surface area contributed by atoms with Gasteiger partial charge < -0.3 is 4.43 Å². The minimum Gasteiger partial charge on any atom is -0.549 e. The molecule has 0 aromatic carbocycles. The van der Waals surface area contributed by atoms with Crippen molar-refractivity contribution >= 4 is 8.32 Å². The van der Waals surface area contributed by atoms with Crippen LogP contribution in [0.3, 0.4) is 0 Å². The maximum atomic E-state index is 9.26. The zero-order valence-electron chi connectivity index (χ0n) is 11.8. The van der Waals surface area contributed by atoms with Crippen molar-refractivity contribution in [2.45, 2.75) is 64.6 Å². The third-order valence-corrected chi connectivity index (χ3v) is 8.61. The molecule has 0 aliphatic heterocycles. The summed E-state index contributed by atoms with van der Waals surface area (Å²) in [5, 5.41) is 9.48. The Hall–Kier alpha value is -0.753. The molecule has 0 saturated heterocycles. The van der Waals surface area contributed by atoms with Crippen LogP contribution >= 0.6 is 0 Å². The number of hydrogen-bond donors (Lipinski definition) is 0. The maximum absolute atomic E-state index is 9.26. The predicted octanol–water partition coefficient (Wildman–Crippen LogP) is 4.61. The van der Waals surface area contributed by atoms with E-state index in [1.165, 1.54) is 0 Å². The number of nitrogens with zero attached hydrogens (tertiary/aromatic N) is 1. The third-order valence-electron chi connectivity index (χ3n) is 4.27. The molecule has 96 valence electrons. The summed E-state index contributed by atoms with van der Waals surface area (Å²) in [4.78, 5) is 0. The molecule has 1 aliphatic rings. The Balaban J connectivity index is 2.65. The van der Waals surface area contributed by atoms with E-state index in [1.54, 1.807) is 0 Å². The molecule has 3 heteroatoms. The molecule has 1 fully saturated rings. The van der Waals surface area contributed by atoms with Crippen LogP contribution in [0.1, 0.15) is 46.5 Å². The van der Waals surface area contributed by atoms with Gasteiger partial charge in [-0.05, 0) is 37.0 Å². The molecule has 0 spiro atoms. The van der Waals surface area contributed by atoms with Gasteiger partial charge in [-0.1, -0.05) is 33.6 Å². The first kappa shape index (κ1) is 14.3. The lowest BCUT2D eigenvalue weighted by atomic mass is 9.88. The van der Waals surface area contributed by atoms with E-state index in [1.807, 2.05) is 12.3 Å². The molecule has 0 amide bonds. The molecule has 0 radical (unpaired) electrons. The van der Waals surface area contributed by atoms with E-state index < -0.39 is 8.32 Å². The van der Waals surface area contributed by atoms with Crippen molar-refractivity contribution < 1.29 is 4.43 Å². The minimum absolute atomic E-state index is 0.215. The number of allylic oxidation sites excluding steroid dienone is 1. The number of nitriles is 1. The Bertz CT molecular complexity index is 327. The first-order chi connectivity index (χ1) is 7.72. The summed E-state index contributed by atoms with van der Waals surface area (Å²) in [6.07, 6.45) is 8.12. The Morgan fingerprint density at radius 1 is 1.24 bits per heavy atom. The van der Waals surface area contributed by atoms with E-state index in [-0.39, 0.29) is 10.5 Å². The second-order valence-corrected chi connectivity index (χ2v) is 11.4.